The van der Waals surface area contributed by atoms with Crippen LogP contribution >= 0.6 is 0 Å². The standard InChI is InChI=1S/C21H25N3O2/c1-15-4-8-19(9-5-15)23-20(26)21(3)12-13-24(21)14-17-6-10-18(11-7-17)22-16(2)25/h4-11H,12-14H2,1-3H3,(H,22,25)(H,23,26). The maximum atomic E-state index is 12.8. The van der Waals surface area contributed by atoms with Gasteiger partial charge in [-0.2, -0.15) is 0 Å². The van der Waals surface area contributed by atoms with E-state index in [0.717, 1.165) is 29.9 Å². The van der Waals surface area contributed by atoms with Crippen molar-refractivity contribution in [1.82, 2.24) is 4.90 Å². The fourth-order valence-corrected chi connectivity index (χ4v) is 3.14. The lowest BCUT2D eigenvalue weighted by molar-refractivity contribution is -0.136. The highest BCUT2D eigenvalue weighted by atomic mass is 16.2. The molecule has 2 aromatic rings. The van der Waals surface area contributed by atoms with E-state index in [9.17, 15) is 9.59 Å². The van der Waals surface area contributed by atoms with Crippen LogP contribution in [-0.4, -0.2) is 28.8 Å². The predicted molar refractivity (Wildman–Crippen MR) is 104 cm³/mol. The monoisotopic (exact) mass is 351 g/mol. The molecule has 0 aromatic heterocycles. The molecular weight excluding hydrogens is 326 g/mol. The summed E-state index contributed by atoms with van der Waals surface area (Å²) in [5, 5.41) is 5.79. The van der Waals surface area contributed by atoms with Crippen molar-refractivity contribution in [2.45, 2.75) is 39.3 Å². The fourth-order valence-electron chi connectivity index (χ4n) is 3.14. The summed E-state index contributed by atoms with van der Waals surface area (Å²) in [6.07, 6.45) is 0.842. The van der Waals surface area contributed by atoms with Gasteiger partial charge in [0.2, 0.25) is 11.8 Å². The molecule has 1 aliphatic rings. The van der Waals surface area contributed by atoms with E-state index in [1.807, 2.05) is 62.4 Å². The van der Waals surface area contributed by atoms with Gasteiger partial charge in [-0.25, -0.2) is 0 Å². The third kappa shape index (κ3) is 3.94. The number of nitrogens with one attached hydrogen (secondary N) is 2. The zero-order valence-electron chi connectivity index (χ0n) is 15.5. The highest BCUT2D eigenvalue weighted by Gasteiger charge is 2.46. The van der Waals surface area contributed by atoms with E-state index in [1.165, 1.54) is 12.5 Å². The van der Waals surface area contributed by atoms with E-state index in [2.05, 4.69) is 15.5 Å². The Hall–Kier alpha value is -2.66. The van der Waals surface area contributed by atoms with Gasteiger partial charge in [0, 0.05) is 31.4 Å². The summed E-state index contributed by atoms with van der Waals surface area (Å²) >= 11 is 0. The minimum Gasteiger partial charge on any atom is -0.326 e. The van der Waals surface area contributed by atoms with Gasteiger partial charge in [0.25, 0.3) is 0 Å². The van der Waals surface area contributed by atoms with Crippen LogP contribution in [0.2, 0.25) is 0 Å². The van der Waals surface area contributed by atoms with Crippen LogP contribution in [0.3, 0.4) is 0 Å². The van der Waals surface area contributed by atoms with Crippen molar-refractivity contribution in [2.75, 3.05) is 17.2 Å². The number of carbonyl (C=O) groups excluding carboxylic acids is 2. The van der Waals surface area contributed by atoms with E-state index in [4.69, 9.17) is 0 Å². The van der Waals surface area contributed by atoms with Crippen LogP contribution in [0.25, 0.3) is 0 Å². The molecule has 1 unspecified atom stereocenters. The van der Waals surface area contributed by atoms with Crippen LogP contribution in [0.4, 0.5) is 11.4 Å². The quantitative estimate of drug-likeness (QED) is 0.866. The zero-order chi connectivity index (χ0) is 18.7. The topological polar surface area (TPSA) is 61.4 Å². The lowest BCUT2D eigenvalue weighted by Gasteiger charge is -2.49. The smallest absolute Gasteiger partial charge is 0.244 e. The number of amides is 2. The van der Waals surface area contributed by atoms with Crippen molar-refractivity contribution < 1.29 is 9.59 Å². The zero-order valence-corrected chi connectivity index (χ0v) is 15.5. The average Bonchev–Trinajstić information content (AvgIpc) is 2.60. The van der Waals surface area contributed by atoms with Crippen molar-refractivity contribution >= 4 is 23.2 Å². The number of anilines is 2. The molecule has 1 fully saturated rings. The molecular formula is C21H25N3O2. The first kappa shape index (κ1) is 18.1. The highest BCUT2D eigenvalue weighted by molar-refractivity contribution is 5.98. The molecule has 2 aromatic carbocycles. The third-order valence-corrected chi connectivity index (χ3v) is 5.01. The van der Waals surface area contributed by atoms with Gasteiger partial charge in [0.1, 0.15) is 0 Å². The molecule has 2 N–H and O–H groups in total. The van der Waals surface area contributed by atoms with E-state index < -0.39 is 5.54 Å². The van der Waals surface area contributed by atoms with Crippen LogP contribution in [0.15, 0.2) is 48.5 Å². The second-order valence-electron chi connectivity index (χ2n) is 7.14. The van der Waals surface area contributed by atoms with E-state index in [0.29, 0.717) is 6.54 Å². The number of benzene rings is 2. The first-order valence-electron chi connectivity index (χ1n) is 8.86. The molecule has 2 amide bonds. The average molecular weight is 351 g/mol. The maximum absolute atomic E-state index is 12.8. The number of likely N-dealkylation sites (tertiary alicyclic amines) is 1. The van der Waals surface area contributed by atoms with Crippen molar-refractivity contribution in [3.63, 3.8) is 0 Å². The molecule has 1 atom stereocenters. The molecule has 1 saturated heterocycles. The minimum atomic E-state index is -0.499. The van der Waals surface area contributed by atoms with Crippen LogP contribution < -0.4 is 10.6 Å². The molecule has 0 spiro atoms. The summed E-state index contributed by atoms with van der Waals surface area (Å²) < 4.78 is 0. The lowest BCUT2D eigenvalue weighted by Crippen LogP contribution is -2.63. The summed E-state index contributed by atoms with van der Waals surface area (Å²) in [5.74, 6) is -0.0525. The van der Waals surface area contributed by atoms with E-state index in [-0.39, 0.29) is 11.8 Å². The van der Waals surface area contributed by atoms with Gasteiger partial charge in [-0.1, -0.05) is 29.8 Å². The van der Waals surface area contributed by atoms with Crippen LogP contribution in [0.1, 0.15) is 31.4 Å². The lowest BCUT2D eigenvalue weighted by atomic mass is 9.85. The molecule has 5 heteroatoms. The Morgan fingerprint density at radius 3 is 2.12 bits per heavy atom. The largest absolute Gasteiger partial charge is 0.326 e. The highest BCUT2D eigenvalue weighted by Crippen LogP contribution is 2.33. The van der Waals surface area contributed by atoms with E-state index in [1.54, 1.807) is 0 Å². The molecule has 5 nitrogen and oxygen atoms in total. The summed E-state index contributed by atoms with van der Waals surface area (Å²) in [6.45, 7) is 7.11. The number of hydrogen-bond acceptors (Lipinski definition) is 3. The van der Waals surface area contributed by atoms with Crippen molar-refractivity contribution in [3.05, 3.63) is 59.7 Å². The number of rotatable bonds is 5. The van der Waals surface area contributed by atoms with Crippen molar-refractivity contribution in [1.29, 1.82) is 0 Å². The van der Waals surface area contributed by atoms with Gasteiger partial charge in [-0.3, -0.25) is 14.5 Å². The molecule has 136 valence electrons. The minimum absolute atomic E-state index is 0.0301. The molecule has 1 heterocycles. The number of hydrogen-bond donors (Lipinski definition) is 2. The molecule has 0 aliphatic carbocycles. The van der Waals surface area contributed by atoms with Gasteiger partial charge in [-0.05, 0) is 50.1 Å². The first-order valence-corrected chi connectivity index (χ1v) is 8.86. The Balaban J connectivity index is 1.63. The second kappa shape index (κ2) is 7.30. The van der Waals surface area contributed by atoms with Crippen LogP contribution in [-0.2, 0) is 16.1 Å². The fraction of sp³-hybridized carbons (Fsp3) is 0.333. The SMILES string of the molecule is CC(=O)Nc1ccc(CN2CCC2(C)C(=O)Nc2ccc(C)cc2)cc1. The number of carbonyl (C=O) groups is 2. The Labute approximate surface area is 154 Å². The summed E-state index contributed by atoms with van der Waals surface area (Å²) in [4.78, 5) is 26.1. The third-order valence-electron chi connectivity index (χ3n) is 5.01. The summed E-state index contributed by atoms with van der Waals surface area (Å²) in [6, 6.07) is 15.6. The Morgan fingerprint density at radius 1 is 1.00 bits per heavy atom. The van der Waals surface area contributed by atoms with Gasteiger partial charge >= 0.3 is 0 Å². The Morgan fingerprint density at radius 2 is 1.58 bits per heavy atom. The summed E-state index contributed by atoms with van der Waals surface area (Å²) in [5.41, 5.74) is 3.40. The van der Waals surface area contributed by atoms with Gasteiger partial charge in [0.15, 0.2) is 0 Å². The van der Waals surface area contributed by atoms with Crippen LogP contribution in [0, 0.1) is 6.92 Å². The van der Waals surface area contributed by atoms with Gasteiger partial charge in [-0.15, -0.1) is 0 Å². The molecule has 1 aliphatic heterocycles. The Kier molecular flexibility index (Phi) is 5.09. The maximum Gasteiger partial charge on any atom is 0.244 e. The molecule has 26 heavy (non-hydrogen) atoms. The second-order valence-corrected chi connectivity index (χ2v) is 7.14. The van der Waals surface area contributed by atoms with E-state index >= 15 is 0 Å². The number of aryl methyl sites for hydroxylation is 1. The summed E-state index contributed by atoms with van der Waals surface area (Å²) in [7, 11) is 0. The van der Waals surface area contributed by atoms with Gasteiger partial charge in [0.05, 0.1) is 5.54 Å². The van der Waals surface area contributed by atoms with Crippen molar-refractivity contribution in [3.8, 4) is 0 Å². The normalized spacial score (nSPS) is 19.5. The Bertz CT molecular complexity index is 799. The molecule has 0 saturated carbocycles. The van der Waals surface area contributed by atoms with Crippen molar-refractivity contribution in [2.24, 2.45) is 0 Å². The number of nitrogens with zero attached hydrogens (tertiary/aromatic N) is 1. The molecule has 3 rings (SSSR count). The molecule has 0 radical (unpaired) electrons. The van der Waals surface area contributed by atoms with Gasteiger partial charge < -0.3 is 10.6 Å². The molecule has 0 bridgehead atoms. The van der Waals surface area contributed by atoms with Crippen LogP contribution in [0.5, 0.6) is 0 Å². The predicted octanol–water partition coefficient (Wildman–Crippen LogP) is 3.56. The first-order chi connectivity index (χ1) is 12.4.